The maximum absolute atomic E-state index is 11.3. The van der Waals surface area contributed by atoms with Crippen molar-refractivity contribution in [2.75, 3.05) is 0 Å². The largest absolute Gasteiger partial charge is 0.481 e. The number of carboxylic acid groups (broad SMARTS) is 1. The zero-order chi connectivity index (χ0) is 13.2. The van der Waals surface area contributed by atoms with E-state index in [4.69, 9.17) is 23.2 Å². The van der Waals surface area contributed by atoms with E-state index in [1.165, 1.54) is 0 Å². The third kappa shape index (κ3) is 2.93. The Balaban J connectivity index is 3.12. The van der Waals surface area contributed by atoms with Crippen molar-refractivity contribution in [1.82, 2.24) is 0 Å². The summed E-state index contributed by atoms with van der Waals surface area (Å²) in [6, 6.07) is 0. The Morgan fingerprint density at radius 2 is 2.18 bits per heavy atom. The summed E-state index contributed by atoms with van der Waals surface area (Å²) < 4.78 is 0. The van der Waals surface area contributed by atoms with E-state index >= 15 is 0 Å². The number of aliphatic carboxylic acids is 1. The lowest BCUT2D eigenvalue weighted by Crippen LogP contribution is -2.30. The van der Waals surface area contributed by atoms with Gasteiger partial charge in [0, 0.05) is 5.03 Å². The summed E-state index contributed by atoms with van der Waals surface area (Å²) in [5, 5.41) is 9.51. The molecule has 4 atom stereocenters. The first kappa shape index (κ1) is 14.3. The van der Waals surface area contributed by atoms with Gasteiger partial charge < -0.3 is 5.11 Å². The molecule has 0 aliphatic heterocycles. The molecule has 4 unspecified atom stereocenters. The normalized spacial score (nSPS) is 27.8. The zero-order valence-corrected chi connectivity index (χ0v) is 11.4. The third-order valence-corrected chi connectivity index (χ3v) is 4.27. The minimum atomic E-state index is -0.856. The molecule has 1 aliphatic carbocycles. The average Bonchev–Trinajstić information content (AvgIpc) is 2.28. The van der Waals surface area contributed by atoms with Gasteiger partial charge in [0.25, 0.3) is 0 Å². The van der Waals surface area contributed by atoms with Crippen LogP contribution in [0.4, 0.5) is 0 Å². The fourth-order valence-electron chi connectivity index (χ4n) is 2.02. The fraction of sp³-hybridized carbons (Fsp3) is 0.462. The second kappa shape index (κ2) is 5.74. The fourth-order valence-corrected chi connectivity index (χ4v) is 2.49. The lowest BCUT2D eigenvalue weighted by atomic mass is 9.78. The maximum atomic E-state index is 11.3. The first-order chi connectivity index (χ1) is 7.90. The van der Waals surface area contributed by atoms with E-state index in [-0.39, 0.29) is 17.2 Å². The smallest absolute Gasteiger partial charge is 0.311 e. The minimum absolute atomic E-state index is 0.0855. The minimum Gasteiger partial charge on any atom is -0.481 e. The molecular formula is C13H16Cl2O2. The summed E-state index contributed by atoms with van der Waals surface area (Å²) >= 11 is 12.1. The van der Waals surface area contributed by atoms with Crippen LogP contribution >= 0.6 is 23.2 Å². The van der Waals surface area contributed by atoms with E-state index in [2.05, 4.69) is 6.58 Å². The molecule has 1 rings (SSSR count). The van der Waals surface area contributed by atoms with Crippen molar-refractivity contribution in [2.24, 2.45) is 17.8 Å². The van der Waals surface area contributed by atoms with E-state index in [1.807, 2.05) is 13.8 Å². The van der Waals surface area contributed by atoms with Crippen LogP contribution in [0.1, 0.15) is 13.8 Å². The summed E-state index contributed by atoms with van der Waals surface area (Å²) in [4.78, 5) is 11.3. The Labute approximate surface area is 112 Å². The Kier molecular flexibility index (Phi) is 4.84. The van der Waals surface area contributed by atoms with Crippen molar-refractivity contribution in [3.63, 3.8) is 0 Å². The highest BCUT2D eigenvalue weighted by molar-refractivity contribution is 6.37. The molecule has 0 radical (unpaired) electrons. The van der Waals surface area contributed by atoms with Crippen molar-refractivity contribution < 1.29 is 9.90 Å². The number of halogens is 2. The molecule has 0 heterocycles. The van der Waals surface area contributed by atoms with Crippen LogP contribution in [0, 0.1) is 17.8 Å². The van der Waals surface area contributed by atoms with Crippen molar-refractivity contribution >= 4 is 29.2 Å². The molecule has 17 heavy (non-hydrogen) atoms. The van der Waals surface area contributed by atoms with Gasteiger partial charge in [0.15, 0.2) is 0 Å². The number of alkyl halides is 1. The van der Waals surface area contributed by atoms with Crippen LogP contribution in [0.15, 0.2) is 35.4 Å². The Bertz CT molecular complexity index is 385. The number of hydrogen-bond donors (Lipinski definition) is 1. The lowest BCUT2D eigenvalue weighted by Gasteiger charge is -2.30. The second-order valence-electron chi connectivity index (χ2n) is 4.32. The first-order valence-electron chi connectivity index (χ1n) is 5.46. The van der Waals surface area contributed by atoms with Crippen molar-refractivity contribution in [3.05, 3.63) is 35.4 Å². The van der Waals surface area contributed by atoms with E-state index in [0.29, 0.717) is 5.03 Å². The molecule has 2 nitrogen and oxygen atoms in total. The van der Waals surface area contributed by atoms with Gasteiger partial charge in [0.2, 0.25) is 0 Å². The predicted molar refractivity (Wildman–Crippen MR) is 71.3 cm³/mol. The molecule has 94 valence electrons. The molecule has 0 aromatic heterocycles. The van der Waals surface area contributed by atoms with E-state index in [0.717, 1.165) is 5.57 Å². The van der Waals surface area contributed by atoms with Crippen LogP contribution in [0.3, 0.4) is 0 Å². The molecule has 0 amide bonds. The molecule has 1 N–H and O–H groups in total. The number of allylic oxidation sites excluding steroid dienone is 4. The molecule has 0 aromatic rings. The quantitative estimate of drug-likeness (QED) is 0.625. The SMILES string of the molecule is C=CC(C)C(C(=O)O)C1=CC=C(Cl)C(Cl)C1C. The molecule has 1 aliphatic rings. The Morgan fingerprint density at radius 3 is 2.65 bits per heavy atom. The van der Waals surface area contributed by atoms with Gasteiger partial charge in [-0.15, -0.1) is 18.2 Å². The molecule has 0 saturated heterocycles. The number of carboxylic acids is 1. The summed E-state index contributed by atoms with van der Waals surface area (Å²) in [5.74, 6) is -1.68. The van der Waals surface area contributed by atoms with Crippen LogP contribution in [0.5, 0.6) is 0 Å². The summed E-state index contributed by atoms with van der Waals surface area (Å²) in [6.45, 7) is 7.38. The van der Waals surface area contributed by atoms with Gasteiger partial charge >= 0.3 is 5.97 Å². The average molecular weight is 275 g/mol. The molecule has 0 aromatic carbocycles. The highest BCUT2D eigenvalue weighted by Gasteiger charge is 2.34. The van der Waals surface area contributed by atoms with Gasteiger partial charge in [0.1, 0.15) is 0 Å². The first-order valence-corrected chi connectivity index (χ1v) is 6.28. The van der Waals surface area contributed by atoms with Gasteiger partial charge in [-0.3, -0.25) is 4.79 Å². The predicted octanol–water partition coefficient (Wildman–Crippen LogP) is 3.82. The highest BCUT2D eigenvalue weighted by atomic mass is 35.5. The second-order valence-corrected chi connectivity index (χ2v) is 5.23. The zero-order valence-electron chi connectivity index (χ0n) is 9.86. The van der Waals surface area contributed by atoms with Crippen molar-refractivity contribution in [3.8, 4) is 0 Å². The van der Waals surface area contributed by atoms with Gasteiger partial charge in [-0.1, -0.05) is 43.2 Å². The molecular weight excluding hydrogens is 259 g/mol. The monoisotopic (exact) mass is 274 g/mol. The Morgan fingerprint density at radius 1 is 1.59 bits per heavy atom. The molecule has 0 saturated carbocycles. The van der Waals surface area contributed by atoms with Gasteiger partial charge in [-0.2, -0.15) is 0 Å². The topological polar surface area (TPSA) is 37.3 Å². The maximum Gasteiger partial charge on any atom is 0.311 e. The lowest BCUT2D eigenvalue weighted by molar-refractivity contribution is -0.141. The van der Waals surface area contributed by atoms with Gasteiger partial charge in [-0.05, 0) is 17.9 Å². The van der Waals surface area contributed by atoms with Crippen LogP contribution < -0.4 is 0 Å². The van der Waals surface area contributed by atoms with E-state index in [1.54, 1.807) is 18.2 Å². The standard InChI is InChI=1S/C13H16Cl2O2/c1-4-7(2)11(13(16)17)9-5-6-10(14)12(15)8(9)3/h4-8,11-12H,1H2,2-3H3,(H,16,17). The molecule has 0 spiro atoms. The summed E-state index contributed by atoms with van der Waals surface area (Å²) in [6.07, 6.45) is 5.10. The van der Waals surface area contributed by atoms with Crippen LogP contribution in [0.2, 0.25) is 0 Å². The molecule has 0 fully saturated rings. The number of rotatable bonds is 4. The van der Waals surface area contributed by atoms with Gasteiger partial charge in [0.05, 0.1) is 11.3 Å². The van der Waals surface area contributed by atoms with E-state index in [9.17, 15) is 9.90 Å². The van der Waals surface area contributed by atoms with Crippen molar-refractivity contribution in [2.45, 2.75) is 19.2 Å². The highest BCUT2D eigenvalue weighted by Crippen LogP contribution is 2.38. The van der Waals surface area contributed by atoms with Gasteiger partial charge in [-0.25, -0.2) is 0 Å². The Hall–Kier alpha value is -0.730. The molecule has 4 heteroatoms. The third-order valence-electron chi connectivity index (χ3n) is 3.19. The number of hydrogen-bond acceptors (Lipinski definition) is 1. The summed E-state index contributed by atoms with van der Waals surface area (Å²) in [5.41, 5.74) is 0.800. The summed E-state index contributed by atoms with van der Waals surface area (Å²) in [7, 11) is 0. The van der Waals surface area contributed by atoms with Crippen LogP contribution in [-0.4, -0.2) is 16.5 Å². The number of carbonyl (C=O) groups is 1. The van der Waals surface area contributed by atoms with E-state index < -0.39 is 11.9 Å². The van der Waals surface area contributed by atoms with Crippen LogP contribution in [0.25, 0.3) is 0 Å². The van der Waals surface area contributed by atoms with Crippen LogP contribution in [-0.2, 0) is 4.79 Å². The van der Waals surface area contributed by atoms with Crippen molar-refractivity contribution in [1.29, 1.82) is 0 Å². The molecule has 0 bridgehead atoms.